The molecule has 82 valence electrons. The average molecular weight is 214 g/mol. The van der Waals surface area contributed by atoms with E-state index in [0.29, 0.717) is 12.1 Å². The summed E-state index contributed by atoms with van der Waals surface area (Å²) in [6.07, 6.45) is 2.50. The molecule has 1 N–H and O–H groups in total. The van der Waals surface area contributed by atoms with E-state index in [9.17, 15) is 0 Å². The zero-order valence-corrected chi connectivity index (χ0v) is 10.5. The van der Waals surface area contributed by atoms with Gasteiger partial charge in [0.1, 0.15) is 0 Å². The molecule has 1 heterocycles. The molecule has 2 nitrogen and oxygen atoms in total. The number of rotatable bonds is 4. The Morgan fingerprint density at radius 2 is 2.14 bits per heavy atom. The van der Waals surface area contributed by atoms with Gasteiger partial charge < -0.3 is 5.32 Å². The summed E-state index contributed by atoms with van der Waals surface area (Å²) in [5.74, 6) is 1.91. The Morgan fingerprint density at radius 1 is 1.50 bits per heavy atom. The highest BCUT2D eigenvalue weighted by atomic mass is 32.2. The number of nitrogens with zero attached hydrogens (tertiary/aromatic N) is 1. The molecule has 0 aromatic carbocycles. The van der Waals surface area contributed by atoms with Crippen LogP contribution in [0.4, 0.5) is 0 Å². The first-order valence-electron chi connectivity index (χ1n) is 5.64. The van der Waals surface area contributed by atoms with Gasteiger partial charge in [-0.2, -0.15) is 0 Å². The fourth-order valence-electron chi connectivity index (χ4n) is 1.86. The summed E-state index contributed by atoms with van der Waals surface area (Å²) in [7, 11) is 0. The topological polar surface area (TPSA) is 24.4 Å². The SMILES string of the molecule is CCC(CC)C(C)NC1=NC(C)CS1. The second-order valence-electron chi connectivity index (χ2n) is 4.10. The standard InChI is InChI=1S/C11H22N2S/c1-5-10(6-2)9(4)13-11-12-8(3)7-14-11/h8-10H,5-7H2,1-4H3,(H,12,13). The quantitative estimate of drug-likeness (QED) is 0.778. The predicted octanol–water partition coefficient (Wildman–Crippen LogP) is 2.89. The molecule has 0 aromatic heterocycles. The Morgan fingerprint density at radius 3 is 2.57 bits per heavy atom. The van der Waals surface area contributed by atoms with Crippen LogP contribution in [0.2, 0.25) is 0 Å². The van der Waals surface area contributed by atoms with Gasteiger partial charge in [-0.15, -0.1) is 0 Å². The molecule has 0 aliphatic carbocycles. The van der Waals surface area contributed by atoms with Crippen molar-refractivity contribution >= 4 is 16.9 Å². The van der Waals surface area contributed by atoms with Crippen LogP contribution in [0.1, 0.15) is 40.5 Å². The summed E-state index contributed by atoms with van der Waals surface area (Å²) in [5, 5.41) is 4.67. The van der Waals surface area contributed by atoms with Crippen LogP contribution in [-0.2, 0) is 0 Å². The molecular weight excluding hydrogens is 192 g/mol. The molecule has 0 saturated heterocycles. The predicted molar refractivity (Wildman–Crippen MR) is 66.0 cm³/mol. The maximum Gasteiger partial charge on any atom is 0.157 e. The van der Waals surface area contributed by atoms with E-state index >= 15 is 0 Å². The van der Waals surface area contributed by atoms with Crippen LogP contribution in [0.5, 0.6) is 0 Å². The van der Waals surface area contributed by atoms with Gasteiger partial charge >= 0.3 is 0 Å². The van der Waals surface area contributed by atoms with E-state index in [2.05, 4.69) is 38.0 Å². The van der Waals surface area contributed by atoms with Gasteiger partial charge in [0.15, 0.2) is 5.17 Å². The van der Waals surface area contributed by atoms with Crippen molar-refractivity contribution in [1.82, 2.24) is 5.32 Å². The van der Waals surface area contributed by atoms with Crippen molar-refractivity contribution in [3.63, 3.8) is 0 Å². The molecule has 2 unspecified atom stereocenters. The van der Waals surface area contributed by atoms with E-state index in [1.807, 2.05) is 11.8 Å². The van der Waals surface area contributed by atoms with E-state index in [1.54, 1.807) is 0 Å². The van der Waals surface area contributed by atoms with Crippen molar-refractivity contribution in [3.05, 3.63) is 0 Å². The van der Waals surface area contributed by atoms with E-state index in [4.69, 9.17) is 0 Å². The fraction of sp³-hybridized carbons (Fsp3) is 0.909. The van der Waals surface area contributed by atoms with Gasteiger partial charge in [-0.25, -0.2) is 0 Å². The lowest BCUT2D eigenvalue weighted by molar-refractivity contribution is 0.392. The molecule has 0 fully saturated rings. The molecule has 0 radical (unpaired) electrons. The number of hydrogen-bond acceptors (Lipinski definition) is 3. The average Bonchev–Trinajstić information content (AvgIpc) is 2.53. The molecule has 14 heavy (non-hydrogen) atoms. The first kappa shape index (κ1) is 11.9. The molecule has 0 bridgehead atoms. The molecule has 1 rings (SSSR count). The van der Waals surface area contributed by atoms with Crippen LogP contribution in [0, 0.1) is 5.92 Å². The van der Waals surface area contributed by atoms with Gasteiger partial charge in [-0.1, -0.05) is 38.5 Å². The van der Waals surface area contributed by atoms with Crippen LogP contribution >= 0.6 is 11.8 Å². The Bertz CT molecular complexity index is 199. The lowest BCUT2D eigenvalue weighted by Crippen LogP contribution is -2.35. The summed E-state index contributed by atoms with van der Waals surface area (Å²) in [4.78, 5) is 4.55. The summed E-state index contributed by atoms with van der Waals surface area (Å²) >= 11 is 1.86. The van der Waals surface area contributed by atoms with Crippen LogP contribution in [-0.4, -0.2) is 23.0 Å². The first-order valence-corrected chi connectivity index (χ1v) is 6.63. The third-order valence-electron chi connectivity index (χ3n) is 2.91. The summed E-state index contributed by atoms with van der Waals surface area (Å²) < 4.78 is 0. The Hall–Kier alpha value is -0.180. The number of hydrogen-bond donors (Lipinski definition) is 1. The highest BCUT2D eigenvalue weighted by Crippen LogP contribution is 2.19. The van der Waals surface area contributed by atoms with Crippen molar-refractivity contribution in [2.24, 2.45) is 10.9 Å². The first-order chi connectivity index (χ1) is 6.67. The highest BCUT2D eigenvalue weighted by molar-refractivity contribution is 8.14. The normalized spacial score (nSPS) is 23.8. The smallest absolute Gasteiger partial charge is 0.157 e. The maximum atomic E-state index is 4.55. The molecule has 1 aliphatic rings. The Kier molecular flexibility index (Phi) is 4.79. The summed E-state index contributed by atoms with van der Waals surface area (Å²) in [5.41, 5.74) is 0. The Balaban J connectivity index is 2.39. The largest absolute Gasteiger partial charge is 0.362 e. The number of nitrogens with one attached hydrogen (secondary N) is 1. The fourth-order valence-corrected chi connectivity index (χ4v) is 2.86. The van der Waals surface area contributed by atoms with E-state index < -0.39 is 0 Å². The molecule has 3 heteroatoms. The van der Waals surface area contributed by atoms with Gasteiger partial charge in [0.2, 0.25) is 0 Å². The molecule has 1 aliphatic heterocycles. The van der Waals surface area contributed by atoms with Crippen molar-refractivity contribution in [2.75, 3.05) is 5.75 Å². The highest BCUT2D eigenvalue weighted by Gasteiger charge is 2.19. The van der Waals surface area contributed by atoms with Crippen LogP contribution in [0.25, 0.3) is 0 Å². The molecule has 0 aromatic rings. The minimum Gasteiger partial charge on any atom is -0.362 e. The third kappa shape index (κ3) is 3.19. The zero-order chi connectivity index (χ0) is 10.6. The van der Waals surface area contributed by atoms with Crippen LogP contribution in [0.15, 0.2) is 4.99 Å². The minimum absolute atomic E-state index is 0.497. The van der Waals surface area contributed by atoms with E-state index in [-0.39, 0.29) is 0 Å². The van der Waals surface area contributed by atoms with Gasteiger partial charge in [0, 0.05) is 11.8 Å². The number of amidine groups is 1. The minimum atomic E-state index is 0.497. The van der Waals surface area contributed by atoms with E-state index in [0.717, 1.165) is 16.8 Å². The van der Waals surface area contributed by atoms with Gasteiger partial charge in [0.25, 0.3) is 0 Å². The van der Waals surface area contributed by atoms with Crippen molar-refractivity contribution in [3.8, 4) is 0 Å². The second-order valence-corrected chi connectivity index (χ2v) is 5.11. The van der Waals surface area contributed by atoms with Crippen LogP contribution in [0.3, 0.4) is 0 Å². The molecule has 0 spiro atoms. The zero-order valence-electron chi connectivity index (χ0n) is 9.71. The summed E-state index contributed by atoms with van der Waals surface area (Å²) in [6, 6.07) is 1.05. The van der Waals surface area contributed by atoms with Crippen LogP contribution < -0.4 is 5.32 Å². The summed E-state index contributed by atoms with van der Waals surface area (Å²) in [6.45, 7) is 8.96. The monoisotopic (exact) mass is 214 g/mol. The van der Waals surface area contributed by atoms with Gasteiger partial charge in [-0.05, 0) is 19.8 Å². The van der Waals surface area contributed by atoms with Gasteiger partial charge in [0.05, 0.1) is 6.04 Å². The molecule has 0 amide bonds. The lowest BCUT2D eigenvalue weighted by atomic mass is 9.96. The third-order valence-corrected chi connectivity index (χ3v) is 4.05. The van der Waals surface area contributed by atoms with E-state index in [1.165, 1.54) is 12.8 Å². The molecule has 2 atom stereocenters. The lowest BCUT2D eigenvalue weighted by Gasteiger charge is -2.22. The second kappa shape index (κ2) is 5.64. The maximum absolute atomic E-state index is 4.55. The number of thioether (sulfide) groups is 1. The number of aliphatic imine (C=N–C) groups is 1. The molecule has 0 saturated carbocycles. The van der Waals surface area contributed by atoms with Crippen molar-refractivity contribution in [1.29, 1.82) is 0 Å². The van der Waals surface area contributed by atoms with Gasteiger partial charge in [-0.3, -0.25) is 4.99 Å². The molecular formula is C11H22N2S. The van der Waals surface area contributed by atoms with Crippen molar-refractivity contribution < 1.29 is 0 Å². The van der Waals surface area contributed by atoms with Crippen molar-refractivity contribution in [2.45, 2.75) is 52.6 Å². The Labute approximate surface area is 92.0 Å².